The van der Waals surface area contributed by atoms with Gasteiger partial charge < -0.3 is 9.08 Å². The van der Waals surface area contributed by atoms with E-state index in [1.165, 1.54) is 5.56 Å². The first kappa shape index (κ1) is 22.0. The average molecular weight is 404 g/mol. The zero-order valence-electron chi connectivity index (χ0n) is 17.4. The van der Waals surface area contributed by atoms with Crippen molar-refractivity contribution in [1.29, 1.82) is 0 Å². The van der Waals surface area contributed by atoms with E-state index in [2.05, 4.69) is 20.8 Å². The van der Waals surface area contributed by atoms with E-state index in [0.717, 1.165) is 11.8 Å². The van der Waals surface area contributed by atoms with Crippen LogP contribution in [0.3, 0.4) is 0 Å². The van der Waals surface area contributed by atoms with Gasteiger partial charge in [-0.25, -0.2) is 0 Å². The minimum atomic E-state index is -3.59. The quantitative estimate of drug-likeness (QED) is 0.672. The van der Waals surface area contributed by atoms with E-state index in [4.69, 9.17) is 4.18 Å². The van der Waals surface area contributed by atoms with Crippen LogP contribution >= 0.6 is 0 Å². The monoisotopic (exact) mass is 403 g/mol. The topological polar surface area (TPSA) is 63.7 Å². The molecule has 0 radical (unpaired) electrons. The molecule has 0 aliphatic heterocycles. The Morgan fingerprint density at radius 2 is 1.68 bits per heavy atom. The third-order valence-corrected chi connectivity index (χ3v) is 4.88. The van der Waals surface area contributed by atoms with Crippen LogP contribution in [0.25, 0.3) is 0 Å². The van der Waals surface area contributed by atoms with Crippen LogP contribution in [0.1, 0.15) is 56.1 Å². The minimum Gasteiger partial charge on any atom is -0.383 e. The molecule has 5 nitrogen and oxygen atoms in total. The summed E-state index contributed by atoms with van der Waals surface area (Å²) < 4.78 is 27.6. The summed E-state index contributed by atoms with van der Waals surface area (Å²) >= 11 is 0. The van der Waals surface area contributed by atoms with Gasteiger partial charge in [0.25, 0.3) is 5.91 Å². The molecule has 1 amide bonds. The number of carbonyl (C=O) groups is 1. The molecule has 0 aliphatic rings. The number of benzene rings is 2. The highest BCUT2D eigenvalue weighted by atomic mass is 32.2. The van der Waals surface area contributed by atoms with Crippen LogP contribution in [-0.4, -0.2) is 31.5 Å². The van der Waals surface area contributed by atoms with E-state index in [0.29, 0.717) is 12.1 Å². The van der Waals surface area contributed by atoms with Gasteiger partial charge in [0.1, 0.15) is 5.75 Å². The molecule has 0 heterocycles. The van der Waals surface area contributed by atoms with Crippen molar-refractivity contribution >= 4 is 16.0 Å². The molecule has 0 N–H and O–H groups in total. The fourth-order valence-corrected chi connectivity index (χ4v) is 3.29. The number of hydrogen-bond acceptors (Lipinski definition) is 4. The molecule has 0 aliphatic carbocycles. The van der Waals surface area contributed by atoms with E-state index in [1.807, 2.05) is 44.2 Å². The maximum atomic E-state index is 13.1. The molecular weight excluding hydrogens is 374 g/mol. The van der Waals surface area contributed by atoms with Gasteiger partial charge in [-0.05, 0) is 54.7 Å². The van der Waals surface area contributed by atoms with Crippen LogP contribution in [0, 0.1) is 0 Å². The summed E-state index contributed by atoms with van der Waals surface area (Å²) in [5.41, 5.74) is 2.63. The van der Waals surface area contributed by atoms with Crippen LogP contribution in [-0.2, 0) is 22.1 Å². The fraction of sp³-hybridized carbons (Fsp3) is 0.409. The van der Waals surface area contributed by atoms with Gasteiger partial charge in [0.15, 0.2) is 0 Å². The van der Waals surface area contributed by atoms with Crippen LogP contribution in [0.15, 0.2) is 48.5 Å². The van der Waals surface area contributed by atoms with Gasteiger partial charge in [0.05, 0.1) is 6.26 Å². The molecule has 152 valence electrons. The lowest BCUT2D eigenvalue weighted by molar-refractivity contribution is 0.0690. The molecule has 0 fully saturated rings. The van der Waals surface area contributed by atoms with Crippen molar-refractivity contribution in [3.05, 3.63) is 65.2 Å². The Morgan fingerprint density at radius 1 is 1.07 bits per heavy atom. The predicted molar refractivity (Wildman–Crippen MR) is 112 cm³/mol. The Morgan fingerprint density at radius 3 is 2.18 bits per heavy atom. The van der Waals surface area contributed by atoms with Gasteiger partial charge in [-0.1, -0.05) is 45.0 Å². The minimum absolute atomic E-state index is 0.0192. The van der Waals surface area contributed by atoms with Gasteiger partial charge >= 0.3 is 10.1 Å². The second-order valence-electron chi connectivity index (χ2n) is 8.29. The van der Waals surface area contributed by atoms with E-state index in [-0.39, 0.29) is 23.1 Å². The normalized spacial score (nSPS) is 12.1. The van der Waals surface area contributed by atoms with E-state index < -0.39 is 10.1 Å². The molecule has 2 aromatic rings. The summed E-state index contributed by atoms with van der Waals surface area (Å²) in [6.07, 6.45) is 1.00. The molecule has 6 heteroatoms. The Bertz CT molecular complexity index is 926. The molecule has 2 rings (SSSR count). The Balaban J connectivity index is 2.24. The number of rotatable bonds is 6. The molecule has 0 saturated carbocycles. The standard InChI is InChI=1S/C22H29NO4S/c1-16(2)23(15-17-8-7-9-20(14-17)27-28(6,25)26)21(24)18-10-12-19(13-11-18)22(3,4)5/h7-14,16H,15H2,1-6H3. The summed E-state index contributed by atoms with van der Waals surface area (Å²) in [4.78, 5) is 14.8. The van der Waals surface area contributed by atoms with Crippen molar-refractivity contribution in [3.63, 3.8) is 0 Å². The zero-order valence-corrected chi connectivity index (χ0v) is 18.2. The molecular formula is C22H29NO4S. The molecule has 0 atom stereocenters. The van der Waals surface area contributed by atoms with Gasteiger partial charge in [-0.2, -0.15) is 8.42 Å². The molecule has 0 aromatic heterocycles. The summed E-state index contributed by atoms with van der Waals surface area (Å²) in [5, 5.41) is 0. The molecule has 0 bridgehead atoms. The van der Waals surface area contributed by atoms with Crippen molar-refractivity contribution in [2.45, 2.75) is 52.6 Å². The zero-order chi connectivity index (χ0) is 21.1. The summed E-state index contributed by atoms with van der Waals surface area (Å²) in [5.74, 6) is 0.176. The third kappa shape index (κ3) is 6.09. The number of nitrogens with zero attached hydrogens (tertiary/aromatic N) is 1. The van der Waals surface area contributed by atoms with Gasteiger partial charge in [0, 0.05) is 18.2 Å². The molecule has 0 spiro atoms. The smallest absolute Gasteiger partial charge is 0.306 e. The number of hydrogen-bond donors (Lipinski definition) is 0. The molecule has 28 heavy (non-hydrogen) atoms. The maximum absolute atomic E-state index is 13.1. The highest BCUT2D eigenvalue weighted by Gasteiger charge is 2.21. The van der Waals surface area contributed by atoms with Crippen molar-refractivity contribution in [3.8, 4) is 5.75 Å². The summed E-state index contributed by atoms with van der Waals surface area (Å²) in [7, 11) is -3.59. The van der Waals surface area contributed by atoms with E-state index >= 15 is 0 Å². The van der Waals surface area contributed by atoms with Crippen molar-refractivity contribution in [2.75, 3.05) is 6.26 Å². The second-order valence-corrected chi connectivity index (χ2v) is 9.86. The molecule has 0 saturated heterocycles. The highest BCUT2D eigenvalue weighted by molar-refractivity contribution is 7.86. The Kier molecular flexibility index (Phi) is 6.55. The van der Waals surface area contributed by atoms with Crippen LogP contribution in [0.4, 0.5) is 0 Å². The van der Waals surface area contributed by atoms with E-state index in [9.17, 15) is 13.2 Å². The van der Waals surface area contributed by atoms with Crippen LogP contribution in [0.5, 0.6) is 5.75 Å². The summed E-state index contributed by atoms with van der Waals surface area (Å²) in [6.45, 7) is 10.7. The Labute approximate surface area is 168 Å². The number of amides is 1. The van der Waals surface area contributed by atoms with Crippen molar-refractivity contribution in [2.24, 2.45) is 0 Å². The predicted octanol–water partition coefficient (Wildman–Crippen LogP) is 4.37. The molecule has 0 unspecified atom stereocenters. The first-order chi connectivity index (χ1) is 12.9. The lowest BCUT2D eigenvalue weighted by Gasteiger charge is -2.27. The number of carbonyl (C=O) groups excluding carboxylic acids is 1. The first-order valence-electron chi connectivity index (χ1n) is 9.27. The van der Waals surface area contributed by atoms with Crippen molar-refractivity contribution in [1.82, 2.24) is 4.90 Å². The van der Waals surface area contributed by atoms with Gasteiger partial charge in [-0.15, -0.1) is 0 Å². The van der Waals surface area contributed by atoms with Crippen LogP contribution in [0.2, 0.25) is 0 Å². The molecule has 2 aromatic carbocycles. The summed E-state index contributed by atoms with van der Waals surface area (Å²) in [6, 6.07) is 14.5. The lowest BCUT2D eigenvalue weighted by Crippen LogP contribution is -2.36. The largest absolute Gasteiger partial charge is 0.383 e. The second kappa shape index (κ2) is 8.35. The SMILES string of the molecule is CC(C)N(Cc1cccc(OS(C)(=O)=O)c1)C(=O)c1ccc(C(C)(C)C)cc1. The lowest BCUT2D eigenvalue weighted by atomic mass is 9.86. The third-order valence-electron chi connectivity index (χ3n) is 4.38. The van der Waals surface area contributed by atoms with Crippen molar-refractivity contribution < 1.29 is 17.4 Å². The Hall–Kier alpha value is -2.34. The average Bonchev–Trinajstić information content (AvgIpc) is 2.57. The van der Waals surface area contributed by atoms with Gasteiger partial charge in [-0.3, -0.25) is 4.79 Å². The maximum Gasteiger partial charge on any atom is 0.306 e. The first-order valence-corrected chi connectivity index (χ1v) is 11.1. The van der Waals surface area contributed by atoms with Gasteiger partial charge in [0.2, 0.25) is 0 Å². The van der Waals surface area contributed by atoms with Crippen LogP contribution < -0.4 is 4.18 Å². The van der Waals surface area contributed by atoms with E-state index in [1.54, 1.807) is 23.1 Å². The fourth-order valence-electron chi connectivity index (χ4n) is 2.83. The highest BCUT2D eigenvalue weighted by Crippen LogP contribution is 2.23.